The fourth-order valence-corrected chi connectivity index (χ4v) is 3.15. The van der Waals surface area contributed by atoms with Gasteiger partial charge in [0.15, 0.2) is 11.5 Å². The summed E-state index contributed by atoms with van der Waals surface area (Å²) < 4.78 is 11.1. The van der Waals surface area contributed by atoms with Gasteiger partial charge < -0.3 is 9.47 Å². The van der Waals surface area contributed by atoms with E-state index in [1.54, 1.807) is 36.4 Å². The topological polar surface area (TPSA) is 112 Å². The third kappa shape index (κ3) is 5.45. The molecule has 0 amide bonds. The summed E-state index contributed by atoms with van der Waals surface area (Å²) in [5.41, 5.74) is 3.64. The van der Waals surface area contributed by atoms with Crippen molar-refractivity contribution in [1.29, 1.82) is 5.26 Å². The second kappa shape index (κ2) is 11.0. The molecule has 1 heterocycles. The van der Waals surface area contributed by atoms with Crippen molar-refractivity contribution in [3.05, 3.63) is 69.0 Å². The number of nitrogens with zero attached hydrogens (tertiary/aromatic N) is 3. The van der Waals surface area contributed by atoms with Gasteiger partial charge in [-0.2, -0.15) is 10.4 Å². The number of aromatic amines is 1. The molecule has 3 rings (SSSR count). The first-order valence-corrected chi connectivity index (χ1v) is 10.3. The van der Waals surface area contributed by atoms with E-state index in [0.717, 1.165) is 12.8 Å². The molecular formula is C23H22ClN5O3. The van der Waals surface area contributed by atoms with Crippen LogP contribution in [0.5, 0.6) is 11.5 Å². The molecule has 32 heavy (non-hydrogen) atoms. The van der Waals surface area contributed by atoms with Crippen LogP contribution in [0.15, 0.2) is 52.4 Å². The summed E-state index contributed by atoms with van der Waals surface area (Å²) in [4.78, 5) is 19.2. The highest BCUT2D eigenvalue weighted by Crippen LogP contribution is 2.36. The van der Waals surface area contributed by atoms with Crippen LogP contribution in [0, 0.1) is 11.3 Å². The van der Waals surface area contributed by atoms with Gasteiger partial charge in [-0.15, -0.1) is 0 Å². The Kier molecular flexibility index (Phi) is 7.84. The molecule has 0 atom stereocenters. The maximum Gasteiger partial charge on any atom is 0.270 e. The molecule has 0 fully saturated rings. The summed E-state index contributed by atoms with van der Waals surface area (Å²) in [7, 11) is 1.54. The van der Waals surface area contributed by atoms with Crippen LogP contribution in [0.4, 0.5) is 5.95 Å². The van der Waals surface area contributed by atoms with Crippen molar-refractivity contribution < 1.29 is 9.47 Å². The number of H-pyrrole nitrogens is 1. The van der Waals surface area contributed by atoms with E-state index in [0.29, 0.717) is 34.3 Å². The van der Waals surface area contributed by atoms with Crippen molar-refractivity contribution in [1.82, 2.24) is 9.97 Å². The van der Waals surface area contributed by atoms with E-state index >= 15 is 0 Å². The van der Waals surface area contributed by atoms with Crippen molar-refractivity contribution in [2.45, 2.75) is 19.8 Å². The molecule has 1 aromatic heterocycles. The maximum absolute atomic E-state index is 12.3. The Balaban J connectivity index is 1.83. The normalized spacial score (nSPS) is 10.7. The summed E-state index contributed by atoms with van der Waals surface area (Å²) in [6.45, 7) is 2.62. The number of hydrogen-bond acceptors (Lipinski definition) is 7. The smallest absolute Gasteiger partial charge is 0.270 e. The van der Waals surface area contributed by atoms with Gasteiger partial charge in [0.1, 0.15) is 11.6 Å². The average molecular weight is 452 g/mol. The lowest BCUT2D eigenvalue weighted by Gasteiger charge is -2.13. The largest absolute Gasteiger partial charge is 0.493 e. The molecule has 0 saturated carbocycles. The molecule has 9 heteroatoms. The Morgan fingerprint density at radius 1 is 1.31 bits per heavy atom. The molecule has 0 aliphatic heterocycles. The zero-order chi connectivity index (χ0) is 22.9. The van der Waals surface area contributed by atoms with Crippen molar-refractivity contribution in [2.75, 3.05) is 19.1 Å². The second-order valence-corrected chi connectivity index (χ2v) is 7.13. The number of ether oxygens (including phenoxy) is 2. The van der Waals surface area contributed by atoms with Gasteiger partial charge in [0, 0.05) is 5.56 Å². The highest BCUT2D eigenvalue weighted by molar-refractivity contribution is 6.32. The Morgan fingerprint density at radius 2 is 2.09 bits per heavy atom. The second-order valence-electron chi connectivity index (χ2n) is 6.72. The molecule has 2 N–H and O–H groups in total. The number of nitriles is 1. The van der Waals surface area contributed by atoms with Gasteiger partial charge in [-0.1, -0.05) is 55.3 Å². The zero-order valence-corrected chi connectivity index (χ0v) is 18.4. The lowest BCUT2D eigenvalue weighted by molar-refractivity contribution is 0.288. The van der Waals surface area contributed by atoms with Crippen molar-refractivity contribution >= 4 is 23.8 Å². The highest BCUT2D eigenvalue weighted by Gasteiger charge is 2.13. The number of benzene rings is 2. The fourth-order valence-electron chi connectivity index (χ4n) is 2.88. The summed E-state index contributed by atoms with van der Waals surface area (Å²) in [6, 6.07) is 14.3. The predicted octanol–water partition coefficient (Wildman–Crippen LogP) is 4.60. The number of anilines is 1. The molecule has 0 aliphatic carbocycles. The number of methoxy groups -OCH3 is 1. The molecule has 0 bridgehead atoms. The van der Waals surface area contributed by atoms with Gasteiger partial charge in [0.05, 0.1) is 30.6 Å². The van der Waals surface area contributed by atoms with Gasteiger partial charge in [0.2, 0.25) is 5.95 Å². The summed E-state index contributed by atoms with van der Waals surface area (Å²) in [5, 5.41) is 13.9. The van der Waals surface area contributed by atoms with Crippen molar-refractivity contribution in [2.24, 2.45) is 5.10 Å². The van der Waals surface area contributed by atoms with Crippen LogP contribution in [0.1, 0.15) is 30.9 Å². The van der Waals surface area contributed by atoms with Crippen LogP contribution in [-0.4, -0.2) is 29.9 Å². The lowest BCUT2D eigenvalue weighted by atomic mass is 10.1. The van der Waals surface area contributed by atoms with Gasteiger partial charge >= 0.3 is 0 Å². The van der Waals surface area contributed by atoms with E-state index in [-0.39, 0.29) is 17.2 Å². The van der Waals surface area contributed by atoms with Gasteiger partial charge in [-0.05, 0) is 24.1 Å². The quantitative estimate of drug-likeness (QED) is 0.279. The molecule has 164 valence electrons. The maximum atomic E-state index is 12.3. The monoisotopic (exact) mass is 451 g/mol. The van der Waals surface area contributed by atoms with Crippen LogP contribution in [0.3, 0.4) is 0 Å². The Labute approximate surface area is 190 Å². The third-order valence-electron chi connectivity index (χ3n) is 4.46. The Hall–Kier alpha value is -3.83. The van der Waals surface area contributed by atoms with E-state index in [1.807, 2.05) is 12.1 Å². The first-order chi connectivity index (χ1) is 15.6. The van der Waals surface area contributed by atoms with Gasteiger partial charge in [0.25, 0.3) is 5.56 Å². The number of hydrogen-bond donors (Lipinski definition) is 2. The summed E-state index contributed by atoms with van der Waals surface area (Å²) in [6.07, 6.45) is 3.42. The molecule has 0 aliphatic rings. The number of nitrogens with one attached hydrogen (secondary N) is 2. The Bertz CT molecular complexity index is 1200. The van der Waals surface area contributed by atoms with Crippen molar-refractivity contribution in [3.8, 4) is 28.8 Å². The number of halogens is 1. The third-order valence-corrected chi connectivity index (χ3v) is 4.74. The minimum Gasteiger partial charge on any atom is -0.493 e. The predicted molar refractivity (Wildman–Crippen MR) is 125 cm³/mol. The van der Waals surface area contributed by atoms with Crippen molar-refractivity contribution in [3.63, 3.8) is 0 Å². The minimum absolute atomic E-state index is 0.0686. The number of unbranched alkanes of at least 4 members (excludes halogenated alkanes) is 1. The molecule has 3 aromatic rings. The van der Waals surface area contributed by atoms with Gasteiger partial charge in [-0.25, -0.2) is 10.4 Å². The fraction of sp³-hybridized carbons (Fsp3) is 0.217. The SMILES string of the molecule is CCCCOc1c(Cl)cc(C=NNc2nc(-c3ccccc3)c(C#N)c(=O)[nH]2)cc1OC. The lowest BCUT2D eigenvalue weighted by Crippen LogP contribution is -2.16. The van der Waals surface area contributed by atoms with E-state index in [4.69, 9.17) is 21.1 Å². The van der Waals surface area contributed by atoms with Crippen LogP contribution in [0.25, 0.3) is 11.3 Å². The average Bonchev–Trinajstić information content (AvgIpc) is 2.80. The summed E-state index contributed by atoms with van der Waals surface area (Å²) >= 11 is 6.35. The van der Waals surface area contributed by atoms with Crippen LogP contribution < -0.4 is 20.5 Å². The number of hydrazone groups is 1. The molecular weight excluding hydrogens is 430 g/mol. The molecule has 0 saturated heterocycles. The first-order valence-electron chi connectivity index (χ1n) is 9.96. The van der Waals surface area contributed by atoms with E-state index in [1.165, 1.54) is 13.3 Å². The van der Waals surface area contributed by atoms with Crippen LogP contribution >= 0.6 is 11.6 Å². The minimum atomic E-state index is -0.558. The van der Waals surface area contributed by atoms with E-state index < -0.39 is 5.56 Å². The molecule has 8 nitrogen and oxygen atoms in total. The Morgan fingerprint density at radius 3 is 2.78 bits per heavy atom. The standard InChI is InChI=1S/C23H22ClN5O3/c1-3-4-10-32-21-18(24)11-15(12-19(21)31-2)14-26-29-23-27-20(16-8-6-5-7-9-16)17(13-25)22(30)28-23/h5-9,11-12,14H,3-4,10H2,1-2H3,(H2,27,28,29,30). The molecule has 0 unspecified atom stereocenters. The molecule has 0 radical (unpaired) electrons. The van der Waals surface area contributed by atoms with E-state index in [2.05, 4.69) is 27.4 Å². The highest BCUT2D eigenvalue weighted by atomic mass is 35.5. The number of rotatable bonds is 9. The summed E-state index contributed by atoms with van der Waals surface area (Å²) in [5.74, 6) is 1.08. The molecule has 2 aromatic carbocycles. The van der Waals surface area contributed by atoms with Crippen LogP contribution in [-0.2, 0) is 0 Å². The molecule has 0 spiro atoms. The zero-order valence-electron chi connectivity index (χ0n) is 17.7. The number of aromatic nitrogens is 2. The van der Waals surface area contributed by atoms with Gasteiger partial charge in [-0.3, -0.25) is 9.78 Å². The van der Waals surface area contributed by atoms with E-state index in [9.17, 15) is 10.1 Å². The first kappa shape index (κ1) is 22.8. The van der Waals surface area contributed by atoms with Crippen LogP contribution in [0.2, 0.25) is 5.02 Å².